The Morgan fingerprint density at radius 3 is 2.96 bits per heavy atom. The van der Waals surface area contributed by atoms with E-state index in [1.807, 2.05) is 18.6 Å². The number of rotatable bonds is 6. The summed E-state index contributed by atoms with van der Waals surface area (Å²) in [5.41, 5.74) is 2.97. The lowest BCUT2D eigenvalue weighted by Gasteiger charge is -2.31. The second-order valence-corrected chi connectivity index (χ2v) is 7.13. The molecule has 0 aromatic carbocycles. The van der Waals surface area contributed by atoms with E-state index in [0.717, 1.165) is 57.0 Å². The van der Waals surface area contributed by atoms with Crippen LogP contribution in [0.5, 0.6) is 0 Å². The fourth-order valence-electron chi connectivity index (χ4n) is 3.40. The lowest BCUT2D eigenvalue weighted by molar-refractivity contribution is 0.178. The first kappa shape index (κ1) is 16.4. The zero-order valence-electron chi connectivity index (χ0n) is 14.3. The van der Waals surface area contributed by atoms with E-state index in [0.29, 0.717) is 17.7 Å². The molecule has 4 rings (SSSR count). The van der Waals surface area contributed by atoms with Gasteiger partial charge in [0.05, 0.1) is 24.3 Å². The summed E-state index contributed by atoms with van der Waals surface area (Å²) in [6, 6.07) is 0. The lowest BCUT2D eigenvalue weighted by Crippen LogP contribution is -2.35. The first-order valence-electron chi connectivity index (χ1n) is 8.73. The van der Waals surface area contributed by atoms with Crippen molar-refractivity contribution in [3.05, 3.63) is 46.6 Å². The van der Waals surface area contributed by atoms with Gasteiger partial charge in [0.2, 0.25) is 11.8 Å². The Labute approximate surface area is 150 Å². The van der Waals surface area contributed by atoms with Gasteiger partial charge in [-0.15, -0.1) is 21.5 Å². The van der Waals surface area contributed by atoms with Gasteiger partial charge in [-0.05, 0) is 19.4 Å². The summed E-state index contributed by atoms with van der Waals surface area (Å²) in [4.78, 5) is 11.4. The normalized spacial score (nSPS) is 18.7. The number of likely N-dealkylation sites (tertiary alicyclic amines) is 1. The van der Waals surface area contributed by atoms with Crippen LogP contribution in [0.25, 0.3) is 0 Å². The molecule has 132 valence electrons. The van der Waals surface area contributed by atoms with Crippen LogP contribution in [0.2, 0.25) is 0 Å². The minimum atomic E-state index is 0.427. The molecule has 4 heterocycles. The third-order valence-electron chi connectivity index (χ3n) is 4.60. The Balaban J connectivity index is 1.43. The van der Waals surface area contributed by atoms with Crippen molar-refractivity contribution in [1.82, 2.24) is 29.6 Å². The maximum absolute atomic E-state index is 5.66. The summed E-state index contributed by atoms with van der Waals surface area (Å²) in [7, 11) is 0. The number of aromatic nitrogens is 5. The number of piperidine rings is 1. The number of imidazole rings is 1. The van der Waals surface area contributed by atoms with Gasteiger partial charge in [0.1, 0.15) is 5.82 Å². The second kappa shape index (κ2) is 7.45. The number of aryl methyl sites for hydroxylation is 1. The van der Waals surface area contributed by atoms with E-state index in [1.54, 1.807) is 11.3 Å². The highest BCUT2D eigenvalue weighted by atomic mass is 32.1. The zero-order chi connectivity index (χ0) is 17.1. The number of hydrogen-bond acceptors (Lipinski definition) is 7. The average Bonchev–Trinajstić information content (AvgIpc) is 3.37. The standard InChI is InChI=1S/C17H22N6OS/c1-2-15-20-21-16(24-15)10-22-6-3-4-13(8-22)17-18-5-7-23(17)9-14-11-25-12-19-14/h5,7,11-13H,2-4,6,8-10H2,1H3/t13-/m1/s1. The monoisotopic (exact) mass is 358 g/mol. The Morgan fingerprint density at radius 1 is 1.24 bits per heavy atom. The largest absolute Gasteiger partial charge is 0.424 e. The van der Waals surface area contributed by atoms with Crippen molar-refractivity contribution in [2.24, 2.45) is 0 Å². The van der Waals surface area contributed by atoms with E-state index in [4.69, 9.17) is 4.42 Å². The van der Waals surface area contributed by atoms with E-state index >= 15 is 0 Å². The van der Waals surface area contributed by atoms with E-state index in [2.05, 4.69) is 41.2 Å². The predicted molar refractivity (Wildman–Crippen MR) is 94.4 cm³/mol. The van der Waals surface area contributed by atoms with Gasteiger partial charge in [0, 0.05) is 36.7 Å². The highest BCUT2D eigenvalue weighted by Crippen LogP contribution is 2.27. The molecule has 1 aliphatic rings. The minimum absolute atomic E-state index is 0.427. The van der Waals surface area contributed by atoms with Crippen molar-refractivity contribution >= 4 is 11.3 Å². The molecule has 1 aliphatic heterocycles. The smallest absolute Gasteiger partial charge is 0.230 e. The molecule has 1 atom stereocenters. The molecule has 0 aliphatic carbocycles. The predicted octanol–water partition coefficient (Wildman–Crippen LogP) is 2.71. The molecular formula is C17H22N6OS. The summed E-state index contributed by atoms with van der Waals surface area (Å²) in [6.07, 6.45) is 7.05. The van der Waals surface area contributed by atoms with Crippen LogP contribution in [0.4, 0.5) is 0 Å². The second-order valence-electron chi connectivity index (χ2n) is 6.41. The number of hydrogen-bond donors (Lipinski definition) is 0. The van der Waals surface area contributed by atoms with Gasteiger partial charge >= 0.3 is 0 Å². The third kappa shape index (κ3) is 3.80. The van der Waals surface area contributed by atoms with E-state index in [-0.39, 0.29) is 0 Å². The molecule has 25 heavy (non-hydrogen) atoms. The van der Waals surface area contributed by atoms with Gasteiger partial charge in [0.15, 0.2) is 0 Å². The molecule has 0 unspecified atom stereocenters. The molecule has 0 amide bonds. The van der Waals surface area contributed by atoms with Crippen molar-refractivity contribution < 1.29 is 4.42 Å². The highest BCUT2D eigenvalue weighted by molar-refractivity contribution is 7.07. The minimum Gasteiger partial charge on any atom is -0.424 e. The quantitative estimate of drug-likeness (QED) is 0.675. The molecule has 0 radical (unpaired) electrons. The molecule has 0 N–H and O–H groups in total. The lowest BCUT2D eigenvalue weighted by atomic mass is 9.97. The van der Waals surface area contributed by atoms with Gasteiger partial charge in [0.25, 0.3) is 0 Å². The molecule has 0 spiro atoms. The van der Waals surface area contributed by atoms with Crippen molar-refractivity contribution in [3.8, 4) is 0 Å². The first-order chi connectivity index (χ1) is 12.3. The Kier molecular flexibility index (Phi) is 4.89. The van der Waals surface area contributed by atoms with Crippen molar-refractivity contribution in [2.45, 2.75) is 45.2 Å². The maximum Gasteiger partial charge on any atom is 0.230 e. The van der Waals surface area contributed by atoms with Crippen LogP contribution < -0.4 is 0 Å². The SMILES string of the molecule is CCc1nnc(CN2CCC[C@@H](c3nccn3Cc3cscn3)C2)o1. The maximum atomic E-state index is 5.66. The van der Waals surface area contributed by atoms with Crippen LogP contribution in [0, 0.1) is 0 Å². The summed E-state index contributed by atoms with van der Waals surface area (Å²) in [6.45, 7) is 5.57. The zero-order valence-corrected chi connectivity index (χ0v) is 15.2. The Morgan fingerprint density at radius 2 is 2.16 bits per heavy atom. The van der Waals surface area contributed by atoms with Crippen LogP contribution in [-0.2, 0) is 19.5 Å². The third-order valence-corrected chi connectivity index (χ3v) is 5.24. The fourth-order valence-corrected chi connectivity index (χ4v) is 3.95. The van der Waals surface area contributed by atoms with Gasteiger partial charge in [-0.1, -0.05) is 6.92 Å². The first-order valence-corrected chi connectivity index (χ1v) is 9.67. The van der Waals surface area contributed by atoms with Crippen LogP contribution >= 0.6 is 11.3 Å². The summed E-state index contributed by atoms with van der Waals surface area (Å²) < 4.78 is 7.89. The molecule has 7 nitrogen and oxygen atoms in total. The van der Waals surface area contributed by atoms with Gasteiger partial charge in [-0.25, -0.2) is 9.97 Å². The molecule has 3 aromatic heterocycles. The topological polar surface area (TPSA) is 72.9 Å². The van der Waals surface area contributed by atoms with Crippen LogP contribution in [-0.4, -0.2) is 42.7 Å². The molecule has 0 bridgehead atoms. The fraction of sp³-hybridized carbons (Fsp3) is 0.529. The summed E-state index contributed by atoms with van der Waals surface area (Å²) in [5, 5.41) is 10.3. The van der Waals surface area contributed by atoms with Crippen molar-refractivity contribution in [1.29, 1.82) is 0 Å². The number of thiazole rings is 1. The van der Waals surface area contributed by atoms with Crippen LogP contribution in [0.15, 0.2) is 27.7 Å². The van der Waals surface area contributed by atoms with E-state index in [9.17, 15) is 0 Å². The highest BCUT2D eigenvalue weighted by Gasteiger charge is 2.26. The van der Waals surface area contributed by atoms with Gasteiger partial charge in [-0.2, -0.15) is 0 Å². The molecule has 0 saturated carbocycles. The summed E-state index contributed by atoms with van der Waals surface area (Å²) >= 11 is 1.63. The van der Waals surface area contributed by atoms with Crippen molar-refractivity contribution in [3.63, 3.8) is 0 Å². The van der Waals surface area contributed by atoms with Crippen LogP contribution in [0.1, 0.15) is 49.0 Å². The molecule has 1 saturated heterocycles. The summed E-state index contributed by atoms with van der Waals surface area (Å²) in [5.74, 6) is 3.00. The average molecular weight is 358 g/mol. The van der Waals surface area contributed by atoms with Crippen molar-refractivity contribution in [2.75, 3.05) is 13.1 Å². The number of nitrogens with zero attached hydrogens (tertiary/aromatic N) is 6. The molecular weight excluding hydrogens is 336 g/mol. The molecule has 8 heteroatoms. The molecule has 3 aromatic rings. The van der Waals surface area contributed by atoms with Gasteiger partial charge < -0.3 is 8.98 Å². The van der Waals surface area contributed by atoms with E-state index in [1.165, 1.54) is 0 Å². The Bertz CT molecular complexity index is 796. The Hall–Kier alpha value is -2.06. The van der Waals surface area contributed by atoms with Gasteiger partial charge in [-0.3, -0.25) is 4.90 Å². The van der Waals surface area contributed by atoms with E-state index < -0.39 is 0 Å². The molecule has 1 fully saturated rings. The van der Waals surface area contributed by atoms with Crippen LogP contribution in [0.3, 0.4) is 0 Å².